The molecule has 0 saturated carbocycles. The van der Waals surface area contributed by atoms with E-state index in [9.17, 15) is 8.42 Å². The second-order valence-corrected chi connectivity index (χ2v) is 9.69. The molecule has 2 aromatic heterocycles. The molecule has 0 aliphatic carbocycles. The average molecular weight is 393 g/mol. The normalized spacial score (nSPS) is 20.9. The number of rotatable bonds is 4. The Balaban J connectivity index is 1.71. The topological polar surface area (TPSA) is 76.3 Å². The molecule has 2 aromatic rings. The minimum atomic E-state index is -3.14. The van der Waals surface area contributed by atoms with Crippen molar-refractivity contribution in [2.45, 2.75) is 38.8 Å². The number of aryl methyl sites for hydroxylation is 1. The van der Waals surface area contributed by atoms with Gasteiger partial charge in [0.15, 0.2) is 0 Å². The van der Waals surface area contributed by atoms with Crippen LogP contribution in [0.2, 0.25) is 0 Å². The maximum Gasteiger partial charge on any atom is 0.213 e. The van der Waals surface area contributed by atoms with Crippen molar-refractivity contribution in [3.8, 4) is 11.3 Å². The van der Waals surface area contributed by atoms with E-state index >= 15 is 0 Å². The van der Waals surface area contributed by atoms with Crippen LogP contribution in [0.3, 0.4) is 0 Å². The highest BCUT2D eigenvalue weighted by molar-refractivity contribution is 7.89. The number of piperidine rings is 1. The van der Waals surface area contributed by atoms with Crippen molar-refractivity contribution >= 4 is 10.0 Å². The molecule has 2 aliphatic heterocycles. The second kappa shape index (κ2) is 6.72. The van der Waals surface area contributed by atoms with Gasteiger partial charge >= 0.3 is 0 Å². The lowest BCUT2D eigenvalue weighted by Crippen LogP contribution is -2.58. The molecule has 1 saturated heterocycles. The van der Waals surface area contributed by atoms with Crippen molar-refractivity contribution in [2.75, 3.05) is 31.9 Å². The standard InChI is InChI=1S/C18H28N6O2S/c1-4-22-10-11-24-16(15-12-20-21(3)14-15)13-19-17(24)18(22)6-8-23(9-7-18)27(25,26)5-2/h12-14H,4-11H2,1-3H3. The molecule has 0 atom stereocenters. The Labute approximate surface area is 160 Å². The number of imidazole rings is 1. The van der Waals surface area contributed by atoms with Crippen LogP contribution in [0.5, 0.6) is 0 Å². The van der Waals surface area contributed by atoms with Crippen LogP contribution in [0, 0.1) is 0 Å². The predicted molar refractivity (Wildman–Crippen MR) is 104 cm³/mol. The molecule has 27 heavy (non-hydrogen) atoms. The van der Waals surface area contributed by atoms with Crippen LogP contribution in [0.1, 0.15) is 32.5 Å². The van der Waals surface area contributed by atoms with Crippen LogP contribution in [-0.2, 0) is 29.2 Å². The summed E-state index contributed by atoms with van der Waals surface area (Å²) in [6.07, 6.45) is 7.40. The third-order valence-corrected chi connectivity index (χ3v) is 8.04. The van der Waals surface area contributed by atoms with Gasteiger partial charge in [0.2, 0.25) is 10.0 Å². The molecule has 0 unspecified atom stereocenters. The Hall–Kier alpha value is -1.71. The van der Waals surface area contributed by atoms with Gasteiger partial charge < -0.3 is 4.57 Å². The Bertz CT molecular complexity index is 924. The third-order valence-electron chi connectivity index (χ3n) is 6.16. The first-order chi connectivity index (χ1) is 12.9. The minimum absolute atomic E-state index is 0.164. The Morgan fingerprint density at radius 1 is 1.11 bits per heavy atom. The van der Waals surface area contributed by atoms with Crippen LogP contribution in [0.15, 0.2) is 18.6 Å². The first-order valence-electron chi connectivity index (χ1n) is 9.69. The lowest BCUT2D eigenvalue weighted by Gasteiger charge is -2.50. The summed E-state index contributed by atoms with van der Waals surface area (Å²) in [7, 11) is -1.22. The lowest BCUT2D eigenvalue weighted by molar-refractivity contribution is 0.0101. The Morgan fingerprint density at radius 2 is 1.85 bits per heavy atom. The zero-order valence-corrected chi connectivity index (χ0v) is 17.1. The van der Waals surface area contributed by atoms with Crippen LogP contribution >= 0.6 is 0 Å². The fraction of sp³-hybridized carbons (Fsp3) is 0.667. The van der Waals surface area contributed by atoms with Gasteiger partial charge in [-0.2, -0.15) is 5.10 Å². The maximum atomic E-state index is 12.3. The van der Waals surface area contributed by atoms with E-state index in [1.165, 1.54) is 0 Å². The summed E-state index contributed by atoms with van der Waals surface area (Å²) >= 11 is 0. The van der Waals surface area contributed by atoms with Crippen LogP contribution < -0.4 is 0 Å². The van der Waals surface area contributed by atoms with Gasteiger partial charge in [-0.3, -0.25) is 9.58 Å². The molecule has 9 heteroatoms. The predicted octanol–water partition coefficient (Wildman–Crippen LogP) is 1.26. The van der Waals surface area contributed by atoms with E-state index in [0.717, 1.165) is 49.6 Å². The minimum Gasteiger partial charge on any atom is -0.325 e. The number of hydrogen-bond acceptors (Lipinski definition) is 5. The fourth-order valence-corrected chi connectivity index (χ4v) is 5.76. The summed E-state index contributed by atoms with van der Waals surface area (Å²) in [5.41, 5.74) is 1.98. The highest BCUT2D eigenvalue weighted by Gasteiger charge is 2.47. The van der Waals surface area contributed by atoms with Gasteiger partial charge in [-0.1, -0.05) is 6.92 Å². The van der Waals surface area contributed by atoms with Crippen LogP contribution in [0.4, 0.5) is 0 Å². The van der Waals surface area contributed by atoms with Crippen LogP contribution in [-0.4, -0.2) is 68.9 Å². The van der Waals surface area contributed by atoms with Crippen molar-refractivity contribution in [3.05, 3.63) is 24.4 Å². The van der Waals surface area contributed by atoms with E-state index < -0.39 is 10.0 Å². The summed E-state index contributed by atoms with van der Waals surface area (Å²) in [5.74, 6) is 1.24. The second-order valence-electron chi connectivity index (χ2n) is 7.43. The summed E-state index contributed by atoms with van der Waals surface area (Å²) in [5, 5.41) is 4.29. The largest absolute Gasteiger partial charge is 0.325 e. The van der Waals surface area contributed by atoms with E-state index in [4.69, 9.17) is 4.98 Å². The van der Waals surface area contributed by atoms with E-state index in [1.807, 2.05) is 25.6 Å². The molecule has 0 radical (unpaired) electrons. The highest BCUT2D eigenvalue weighted by Crippen LogP contribution is 2.42. The number of aromatic nitrogens is 4. The molecule has 148 valence electrons. The monoisotopic (exact) mass is 392 g/mol. The molecule has 0 bridgehead atoms. The first-order valence-corrected chi connectivity index (χ1v) is 11.3. The molecular formula is C18H28N6O2S. The molecule has 1 spiro atoms. The summed E-state index contributed by atoms with van der Waals surface area (Å²) in [6.45, 7) is 7.79. The van der Waals surface area contributed by atoms with Crippen molar-refractivity contribution in [1.82, 2.24) is 28.5 Å². The van der Waals surface area contributed by atoms with E-state index in [1.54, 1.807) is 15.9 Å². The summed E-state index contributed by atoms with van der Waals surface area (Å²) < 4.78 is 30.4. The molecule has 0 N–H and O–H groups in total. The van der Waals surface area contributed by atoms with E-state index in [-0.39, 0.29) is 11.3 Å². The zero-order chi connectivity index (χ0) is 19.2. The van der Waals surface area contributed by atoms with Crippen molar-refractivity contribution in [3.63, 3.8) is 0 Å². The zero-order valence-electron chi connectivity index (χ0n) is 16.3. The molecule has 4 rings (SSSR count). The van der Waals surface area contributed by atoms with Gasteiger partial charge in [0.05, 0.1) is 29.4 Å². The summed E-state index contributed by atoms with van der Waals surface area (Å²) in [4.78, 5) is 7.33. The third kappa shape index (κ3) is 2.92. The summed E-state index contributed by atoms with van der Waals surface area (Å²) in [6, 6.07) is 0. The van der Waals surface area contributed by atoms with Crippen LogP contribution in [0.25, 0.3) is 11.3 Å². The van der Waals surface area contributed by atoms with Crippen molar-refractivity contribution < 1.29 is 8.42 Å². The molecule has 1 fully saturated rings. The Kier molecular flexibility index (Phi) is 4.64. The molecule has 4 heterocycles. The number of fused-ring (bicyclic) bond motifs is 2. The number of sulfonamides is 1. The lowest BCUT2D eigenvalue weighted by atomic mass is 9.84. The molecule has 0 amide bonds. The van der Waals surface area contributed by atoms with Gasteiger partial charge in [-0.25, -0.2) is 17.7 Å². The quantitative estimate of drug-likeness (QED) is 0.783. The molecular weight excluding hydrogens is 364 g/mol. The van der Waals surface area contributed by atoms with E-state index in [2.05, 4.69) is 21.5 Å². The SMILES string of the molecule is CCN1CCn2c(-c3cnn(C)c3)cnc2C12CCN(S(=O)(=O)CC)CC2. The molecule has 8 nitrogen and oxygen atoms in total. The number of likely N-dealkylation sites (N-methyl/N-ethyl adjacent to an activating group) is 1. The van der Waals surface area contributed by atoms with Gasteiger partial charge in [0.25, 0.3) is 0 Å². The fourth-order valence-electron chi connectivity index (χ4n) is 4.65. The maximum absolute atomic E-state index is 12.3. The molecule has 2 aliphatic rings. The average Bonchev–Trinajstić information content (AvgIpc) is 3.29. The number of hydrogen-bond donors (Lipinski definition) is 0. The van der Waals surface area contributed by atoms with Crippen molar-refractivity contribution in [2.24, 2.45) is 7.05 Å². The first kappa shape index (κ1) is 18.6. The number of nitrogens with zero attached hydrogens (tertiary/aromatic N) is 6. The van der Waals surface area contributed by atoms with Gasteiger partial charge in [0, 0.05) is 45.0 Å². The highest BCUT2D eigenvalue weighted by atomic mass is 32.2. The van der Waals surface area contributed by atoms with Crippen molar-refractivity contribution in [1.29, 1.82) is 0 Å². The molecule has 0 aromatic carbocycles. The van der Waals surface area contributed by atoms with E-state index in [0.29, 0.717) is 13.1 Å². The smallest absolute Gasteiger partial charge is 0.213 e. The Morgan fingerprint density at radius 3 is 2.44 bits per heavy atom. The van der Waals surface area contributed by atoms with Gasteiger partial charge in [-0.15, -0.1) is 0 Å². The van der Waals surface area contributed by atoms with Gasteiger partial charge in [0.1, 0.15) is 5.82 Å². The van der Waals surface area contributed by atoms with Gasteiger partial charge in [-0.05, 0) is 26.3 Å².